The molecule has 184 valence electrons. The maximum Gasteiger partial charge on any atom is 0.261 e. The molecule has 0 radical (unpaired) electrons. The monoisotopic (exact) mass is 568 g/mol. The first-order valence-electron chi connectivity index (χ1n) is 11.8. The van der Waals surface area contributed by atoms with Crippen LogP contribution in [0.5, 0.6) is 5.75 Å². The van der Waals surface area contributed by atoms with Gasteiger partial charge in [0.15, 0.2) is 6.61 Å². The lowest BCUT2D eigenvalue weighted by molar-refractivity contribution is -0.143. The fourth-order valence-electron chi connectivity index (χ4n) is 4.22. The van der Waals surface area contributed by atoms with Crippen molar-refractivity contribution in [3.05, 3.63) is 62.0 Å². The molecule has 1 aliphatic rings. The molecule has 1 aliphatic carbocycles. The zero-order chi connectivity index (χ0) is 24.7. The van der Waals surface area contributed by atoms with E-state index < -0.39 is 6.04 Å². The third kappa shape index (κ3) is 7.12. The number of hydrogen-bond donors (Lipinski definition) is 1. The molecule has 1 N–H and O–H groups in total. The summed E-state index contributed by atoms with van der Waals surface area (Å²) in [6.45, 7) is 3.98. The Morgan fingerprint density at radius 2 is 1.88 bits per heavy atom. The van der Waals surface area contributed by atoms with Crippen molar-refractivity contribution in [2.75, 3.05) is 6.61 Å². The highest BCUT2D eigenvalue weighted by Gasteiger charge is 2.31. The van der Waals surface area contributed by atoms with Crippen molar-refractivity contribution in [1.29, 1.82) is 0 Å². The van der Waals surface area contributed by atoms with Gasteiger partial charge < -0.3 is 15.0 Å². The van der Waals surface area contributed by atoms with Crippen molar-refractivity contribution in [3.63, 3.8) is 0 Å². The number of aryl methyl sites for hydroxylation is 1. The third-order valence-electron chi connectivity index (χ3n) is 6.20. The van der Waals surface area contributed by atoms with E-state index in [2.05, 4.69) is 28.2 Å². The van der Waals surface area contributed by atoms with Gasteiger partial charge in [0.2, 0.25) is 5.91 Å². The molecule has 2 aromatic rings. The van der Waals surface area contributed by atoms with Gasteiger partial charge in [-0.2, -0.15) is 0 Å². The van der Waals surface area contributed by atoms with Crippen molar-refractivity contribution < 1.29 is 14.3 Å². The van der Waals surface area contributed by atoms with Gasteiger partial charge in [-0.25, -0.2) is 0 Å². The van der Waals surface area contributed by atoms with E-state index in [0.717, 1.165) is 42.1 Å². The molecule has 1 fully saturated rings. The SMILES string of the molecule is CCc1ccc(OCC(=O)N(Cc2ccc(Cl)cc2Cl)[C@@H](CC)C(=O)NC2CCCC2)c(Br)c1. The van der Waals surface area contributed by atoms with Gasteiger partial charge in [0.1, 0.15) is 11.8 Å². The van der Waals surface area contributed by atoms with Crippen LogP contribution in [0.4, 0.5) is 0 Å². The number of carbonyl (C=O) groups is 2. The molecule has 0 bridgehead atoms. The number of nitrogens with zero attached hydrogens (tertiary/aromatic N) is 1. The smallest absolute Gasteiger partial charge is 0.261 e. The summed E-state index contributed by atoms with van der Waals surface area (Å²) in [7, 11) is 0. The molecule has 0 aliphatic heterocycles. The summed E-state index contributed by atoms with van der Waals surface area (Å²) in [6.07, 6.45) is 5.56. The lowest BCUT2D eigenvalue weighted by atomic mass is 10.1. The zero-order valence-electron chi connectivity index (χ0n) is 19.6. The Kier molecular flexibility index (Phi) is 10.1. The van der Waals surface area contributed by atoms with Crippen molar-refractivity contribution in [2.24, 2.45) is 0 Å². The number of halogens is 3. The molecule has 0 spiro atoms. The highest BCUT2D eigenvalue weighted by Crippen LogP contribution is 2.27. The van der Waals surface area contributed by atoms with Gasteiger partial charge in [0.25, 0.3) is 5.91 Å². The molecule has 0 aromatic heterocycles. The normalized spacial score (nSPS) is 14.6. The van der Waals surface area contributed by atoms with Crippen LogP contribution in [0.1, 0.15) is 57.1 Å². The van der Waals surface area contributed by atoms with Crippen LogP contribution in [-0.2, 0) is 22.6 Å². The van der Waals surface area contributed by atoms with Crippen molar-refractivity contribution >= 4 is 50.9 Å². The van der Waals surface area contributed by atoms with Gasteiger partial charge in [-0.3, -0.25) is 9.59 Å². The van der Waals surface area contributed by atoms with Crippen molar-refractivity contribution in [1.82, 2.24) is 10.2 Å². The third-order valence-corrected chi connectivity index (χ3v) is 7.41. The standard InChI is InChI=1S/C26H31BrCl2N2O3/c1-3-17-9-12-24(21(27)13-17)34-16-25(32)31(15-18-10-11-19(28)14-22(18)29)23(4-2)26(33)30-20-7-5-6-8-20/h9-14,20,23H,3-8,15-16H2,1-2H3,(H,30,33)/t23-/m0/s1. The maximum absolute atomic E-state index is 13.4. The molecule has 1 atom stereocenters. The van der Waals surface area contributed by atoms with Crippen LogP contribution in [0.3, 0.4) is 0 Å². The van der Waals surface area contributed by atoms with E-state index in [4.69, 9.17) is 27.9 Å². The first kappa shape index (κ1) is 26.8. The van der Waals surface area contributed by atoms with Crippen LogP contribution < -0.4 is 10.1 Å². The van der Waals surface area contributed by atoms with E-state index in [0.29, 0.717) is 22.2 Å². The number of nitrogens with one attached hydrogen (secondary N) is 1. The number of ether oxygens (including phenoxy) is 1. The highest BCUT2D eigenvalue weighted by molar-refractivity contribution is 9.10. The minimum absolute atomic E-state index is 0.138. The molecule has 0 saturated heterocycles. The Morgan fingerprint density at radius 1 is 1.15 bits per heavy atom. The average Bonchev–Trinajstić information content (AvgIpc) is 3.32. The summed E-state index contributed by atoms with van der Waals surface area (Å²) < 4.78 is 6.64. The number of hydrogen-bond acceptors (Lipinski definition) is 3. The maximum atomic E-state index is 13.4. The minimum Gasteiger partial charge on any atom is -0.483 e. The summed E-state index contributed by atoms with van der Waals surface area (Å²) >= 11 is 16.0. The van der Waals surface area contributed by atoms with Gasteiger partial charge in [0, 0.05) is 22.6 Å². The van der Waals surface area contributed by atoms with E-state index in [9.17, 15) is 9.59 Å². The fourth-order valence-corrected chi connectivity index (χ4v) is 5.23. The summed E-state index contributed by atoms with van der Waals surface area (Å²) in [6, 6.07) is 10.5. The van der Waals surface area contributed by atoms with Crippen LogP contribution in [0.15, 0.2) is 40.9 Å². The number of carbonyl (C=O) groups excluding carboxylic acids is 2. The van der Waals surface area contributed by atoms with Gasteiger partial charge in [-0.05, 0) is 77.0 Å². The Hall–Kier alpha value is -1.76. The molecular weight excluding hydrogens is 539 g/mol. The van der Waals surface area contributed by atoms with Crippen LogP contribution in [-0.4, -0.2) is 35.4 Å². The first-order valence-corrected chi connectivity index (χ1v) is 13.3. The molecule has 8 heteroatoms. The highest BCUT2D eigenvalue weighted by atomic mass is 79.9. The zero-order valence-corrected chi connectivity index (χ0v) is 22.7. The topological polar surface area (TPSA) is 58.6 Å². The average molecular weight is 570 g/mol. The summed E-state index contributed by atoms with van der Waals surface area (Å²) in [5.41, 5.74) is 1.89. The lowest BCUT2D eigenvalue weighted by Crippen LogP contribution is -2.52. The predicted molar refractivity (Wildman–Crippen MR) is 141 cm³/mol. The molecule has 0 heterocycles. The summed E-state index contributed by atoms with van der Waals surface area (Å²) in [5.74, 6) is 0.158. The van der Waals surface area contributed by atoms with E-state index in [1.54, 1.807) is 23.1 Å². The minimum atomic E-state index is -0.630. The number of amides is 2. The summed E-state index contributed by atoms with van der Waals surface area (Å²) in [5, 5.41) is 4.10. The molecule has 2 amide bonds. The van der Waals surface area contributed by atoms with Crippen LogP contribution in [0.25, 0.3) is 0 Å². The molecule has 2 aromatic carbocycles. The van der Waals surface area contributed by atoms with Crippen LogP contribution >= 0.6 is 39.1 Å². The molecular formula is C26H31BrCl2N2O3. The molecule has 3 rings (SSSR count). The second-order valence-corrected chi connectivity index (χ2v) is 10.3. The van der Waals surface area contributed by atoms with Crippen LogP contribution in [0.2, 0.25) is 10.0 Å². The Morgan fingerprint density at radius 3 is 2.50 bits per heavy atom. The van der Waals surface area contributed by atoms with Gasteiger partial charge in [-0.15, -0.1) is 0 Å². The van der Waals surface area contributed by atoms with Gasteiger partial charge in [0.05, 0.1) is 4.47 Å². The Balaban J connectivity index is 1.80. The van der Waals surface area contributed by atoms with Crippen molar-refractivity contribution in [2.45, 2.75) is 71.0 Å². The fraction of sp³-hybridized carbons (Fsp3) is 0.462. The Labute approximate surface area is 220 Å². The molecule has 0 unspecified atom stereocenters. The second kappa shape index (κ2) is 12.8. The second-order valence-electron chi connectivity index (χ2n) is 8.58. The van der Waals surface area contributed by atoms with Gasteiger partial charge in [-0.1, -0.05) is 62.0 Å². The Bertz CT molecular complexity index is 1010. The van der Waals surface area contributed by atoms with Gasteiger partial charge >= 0.3 is 0 Å². The largest absolute Gasteiger partial charge is 0.483 e. The first-order chi connectivity index (χ1) is 16.3. The van der Waals surface area contributed by atoms with Crippen molar-refractivity contribution in [3.8, 4) is 5.75 Å². The summed E-state index contributed by atoms with van der Waals surface area (Å²) in [4.78, 5) is 28.2. The molecule has 1 saturated carbocycles. The number of benzene rings is 2. The molecule has 34 heavy (non-hydrogen) atoms. The predicted octanol–water partition coefficient (Wildman–Crippen LogP) is 6.56. The number of rotatable bonds is 10. The van der Waals surface area contributed by atoms with E-state index >= 15 is 0 Å². The van der Waals surface area contributed by atoms with E-state index in [1.807, 2.05) is 25.1 Å². The lowest BCUT2D eigenvalue weighted by Gasteiger charge is -2.31. The quantitative estimate of drug-likeness (QED) is 0.352. The molecule has 5 nitrogen and oxygen atoms in total. The van der Waals surface area contributed by atoms with E-state index in [1.165, 1.54) is 5.56 Å². The van der Waals surface area contributed by atoms with E-state index in [-0.39, 0.29) is 31.0 Å². The van der Waals surface area contributed by atoms with Crippen LogP contribution in [0, 0.1) is 0 Å².